The van der Waals surface area contributed by atoms with Gasteiger partial charge in [0.15, 0.2) is 11.5 Å². The summed E-state index contributed by atoms with van der Waals surface area (Å²) in [5, 5.41) is 8.80. The van der Waals surface area contributed by atoms with Crippen LogP contribution in [0.2, 0.25) is 0 Å². The molecule has 1 N–H and O–H groups in total. The Morgan fingerprint density at radius 2 is 2.23 bits per heavy atom. The van der Waals surface area contributed by atoms with E-state index in [1.54, 1.807) is 19.1 Å². The van der Waals surface area contributed by atoms with Crippen LogP contribution in [0.5, 0.6) is 11.5 Å². The molecule has 1 aromatic rings. The third-order valence-corrected chi connectivity index (χ3v) is 1.79. The van der Waals surface area contributed by atoms with Crippen LogP contribution in [-0.2, 0) is 0 Å². The van der Waals surface area contributed by atoms with Gasteiger partial charge in [0.1, 0.15) is 5.56 Å². The van der Waals surface area contributed by atoms with E-state index in [9.17, 15) is 4.79 Å². The maximum Gasteiger partial charge on any atom is 0.339 e. The molecule has 13 heavy (non-hydrogen) atoms. The van der Waals surface area contributed by atoms with Gasteiger partial charge in [0.05, 0.1) is 0 Å². The van der Waals surface area contributed by atoms with Crippen LogP contribution in [0.1, 0.15) is 17.3 Å². The van der Waals surface area contributed by atoms with E-state index in [0.717, 1.165) is 0 Å². The summed E-state index contributed by atoms with van der Waals surface area (Å²) in [5.74, 6) is -0.190. The minimum atomic E-state index is -1.01. The predicted octanol–water partition coefficient (Wildman–Crippen LogP) is 1.50. The second-order valence-electron chi connectivity index (χ2n) is 2.74. The topological polar surface area (TPSA) is 55.8 Å². The van der Waals surface area contributed by atoms with E-state index in [1.165, 1.54) is 6.07 Å². The number of hydrogen-bond acceptors (Lipinski definition) is 3. The van der Waals surface area contributed by atoms with Crippen molar-refractivity contribution in [2.24, 2.45) is 0 Å². The van der Waals surface area contributed by atoms with Crippen molar-refractivity contribution in [3.8, 4) is 11.5 Å². The number of hydrogen-bond donors (Lipinski definition) is 1. The molecular weight excluding hydrogens is 172 g/mol. The number of ether oxygens (including phenoxy) is 2. The molecule has 1 unspecified atom stereocenters. The highest BCUT2D eigenvalue weighted by atomic mass is 16.7. The molecule has 68 valence electrons. The first-order chi connectivity index (χ1) is 6.18. The molecule has 0 radical (unpaired) electrons. The smallest absolute Gasteiger partial charge is 0.339 e. The van der Waals surface area contributed by atoms with Gasteiger partial charge in [-0.25, -0.2) is 4.79 Å². The molecule has 0 bridgehead atoms. The molecule has 1 aliphatic heterocycles. The van der Waals surface area contributed by atoms with Gasteiger partial charge in [0.2, 0.25) is 6.29 Å². The molecule has 1 aliphatic rings. The SMILES string of the molecule is CC1Oc2cccc(C(=O)O)c2O1. The highest BCUT2D eigenvalue weighted by Gasteiger charge is 2.25. The molecule has 1 atom stereocenters. The first-order valence-electron chi connectivity index (χ1n) is 3.88. The molecular formula is C9H8O4. The molecule has 0 spiro atoms. The highest BCUT2D eigenvalue weighted by molar-refractivity contribution is 5.92. The van der Waals surface area contributed by atoms with Crippen LogP contribution in [0.4, 0.5) is 0 Å². The summed E-state index contributed by atoms with van der Waals surface area (Å²) in [6.07, 6.45) is -0.407. The molecule has 0 aliphatic carbocycles. The largest absolute Gasteiger partial charge is 0.478 e. The Hall–Kier alpha value is -1.71. The van der Waals surface area contributed by atoms with Crippen molar-refractivity contribution in [1.82, 2.24) is 0 Å². The van der Waals surface area contributed by atoms with Crippen LogP contribution in [0.15, 0.2) is 18.2 Å². The Morgan fingerprint density at radius 1 is 1.46 bits per heavy atom. The number of carboxylic acid groups (broad SMARTS) is 1. The van der Waals surface area contributed by atoms with Gasteiger partial charge in [-0.3, -0.25) is 0 Å². The summed E-state index contributed by atoms with van der Waals surface area (Å²) in [7, 11) is 0. The van der Waals surface area contributed by atoms with Crippen molar-refractivity contribution in [3.63, 3.8) is 0 Å². The zero-order valence-electron chi connectivity index (χ0n) is 6.98. The molecule has 0 aromatic heterocycles. The van der Waals surface area contributed by atoms with Gasteiger partial charge in [-0.15, -0.1) is 0 Å². The van der Waals surface area contributed by atoms with Crippen molar-refractivity contribution < 1.29 is 19.4 Å². The van der Waals surface area contributed by atoms with Gasteiger partial charge in [-0.2, -0.15) is 0 Å². The number of fused-ring (bicyclic) bond motifs is 1. The molecule has 0 saturated carbocycles. The number of aromatic carboxylic acids is 1. The normalized spacial score (nSPS) is 18.7. The third-order valence-electron chi connectivity index (χ3n) is 1.79. The van der Waals surface area contributed by atoms with Crippen molar-refractivity contribution in [3.05, 3.63) is 23.8 Å². The van der Waals surface area contributed by atoms with Crippen molar-refractivity contribution in [2.45, 2.75) is 13.2 Å². The van der Waals surface area contributed by atoms with Crippen LogP contribution >= 0.6 is 0 Å². The van der Waals surface area contributed by atoms with Gasteiger partial charge >= 0.3 is 5.97 Å². The van der Waals surface area contributed by atoms with E-state index >= 15 is 0 Å². The standard InChI is InChI=1S/C9H8O4/c1-5-12-7-4-2-3-6(9(10)11)8(7)13-5/h2-5H,1H3,(H,10,11). The summed E-state index contributed by atoms with van der Waals surface area (Å²) in [5.41, 5.74) is 0.141. The zero-order chi connectivity index (χ0) is 9.42. The second kappa shape index (κ2) is 2.65. The van der Waals surface area contributed by atoms with E-state index in [2.05, 4.69) is 0 Å². The summed E-state index contributed by atoms with van der Waals surface area (Å²) in [6.45, 7) is 1.71. The lowest BCUT2D eigenvalue weighted by Gasteiger charge is -2.01. The maximum absolute atomic E-state index is 10.7. The molecule has 1 aromatic carbocycles. The summed E-state index contributed by atoms with van der Waals surface area (Å²) in [4.78, 5) is 10.7. The fourth-order valence-corrected chi connectivity index (χ4v) is 1.27. The fraction of sp³-hybridized carbons (Fsp3) is 0.222. The van der Waals surface area contributed by atoms with E-state index in [0.29, 0.717) is 11.5 Å². The second-order valence-corrected chi connectivity index (χ2v) is 2.74. The molecule has 0 saturated heterocycles. The van der Waals surface area contributed by atoms with E-state index in [-0.39, 0.29) is 5.56 Å². The lowest BCUT2D eigenvalue weighted by molar-refractivity contribution is 0.0627. The number of para-hydroxylation sites is 1. The van der Waals surface area contributed by atoms with Crippen LogP contribution in [0.3, 0.4) is 0 Å². The van der Waals surface area contributed by atoms with E-state index < -0.39 is 12.3 Å². The summed E-state index contributed by atoms with van der Waals surface area (Å²) < 4.78 is 10.4. The zero-order valence-corrected chi connectivity index (χ0v) is 6.98. The van der Waals surface area contributed by atoms with Crippen molar-refractivity contribution in [1.29, 1.82) is 0 Å². The van der Waals surface area contributed by atoms with E-state index in [4.69, 9.17) is 14.6 Å². The quantitative estimate of drug-likeness (QED) is 0.711. The van der Waals surface area contributed by atoms with Gasteiger partial charge in [0.25, 0.3) is 0 Å². The Bertz CT molecular complexity index is 359. The molecule has 1 heterocycles. The number of rotatable bonds is 1. The number of carbonyl (C=O) groups is 1. The Kier molecular flexibility index (Phi) is 1.62. The lowest BCUT2D eigenvalue weighted by Crippen LogP contribution is -2.12. The van der Waals surface area contributed by atoms with Gasteiger partial charge in [0, 0.05) is 6.92 Å². The molecule has 4 heteroatoms. The molecule has 0 amide bonds. The first kappa shape index (κ1) is 7.91. The fourth-order valence-electron chi connectivity index (χ4n) is 1.27. The average molecular weight is 180 g/mol. The van der Waals surface area contributed by atoms with Gasteiger partial charge in [-0.1, -0.05) is 6.07 Å². The first-order valence-corrected chi connectivity index (χ1v) is 3.88. The monoisotopic (exact) mass is 180 g/mol. The summed E-state index contributed by atoms with van der Waals surface area (Å²) >= 11 is 0. The number of benzene rings is 1. The van der Waals surface area contributed by atoms with E-state index in [1.807, 2.05) is 0 Å². The van der Waals surface area contributed by atoms with Crippen LogP contribution in [-0.4, -0.2) is 17.4 Å². The van der Waals surface area contributed by atoms with Crippen LogP contribution in [0, 0.1) is 0 Å². The van der Waals surface area contributed by atoms with Crippen LogP contribution < -0.4 is 9.47 Å². The highest BCUT2D eigenvalue weighted by Crippen LogP contribution is 2.37. The van der Waals surface area contributed by atoms with Gasteiger partial charge in [-0.05, 0) is 12.1 Å². The lowest BCUT2D eigenvalue weighted by atomic mass is 10.2. The Balaban J connectivity index is 2.51. The molecule has 4 nitrogen and oxygen atoms in total. The number of carboxylic acids is 1. The summed E-state index contributed by atoms with van der Waals surface area (Å²) in [6, 6.07) is 4.80. The Labute approximate surface area is 74.7 Å². The minimum absolute atomic E-state index is 0.141. The Morgan fingerprint density at radius 3 is 2.92 bits per heavy atom. The minimum Gasteiger partial charge on any atom is -0.478 e. The maximum atomic E-state index is 10.7. The molecule has 2 rings (SSSR count). The molecule has 0 fully saturated rings. The van der Waals surface area contributed by atoms with Crippen molar-refractivity contribution in [2.75, 3.05) is 0 Å². The van der Waals surface area contributed by atoms with Crippen LogP contribution in [0.25, 0.3) is 0 Å². The third kappa shape index (κ3) is 1.20. The van der Waals surface area contributed by atoms with Crippen molar-refractivity contribution >= 4 is 5.97 Å². The van der Waals surface area contributed by atoms with Gasteiger partial charge < -0.3 is 14.6 Å². The average Bonchev–Trinajstić information content (AvgIpc) is 2.43. The predicted molar refractivity (Wildman–Crippen MR) is 44.1 cm³/mol.